The molecule has 0 fully saturated rings. The minimum Gasteiger partial charge on any atom is -0.508 e. The van der Waals surface area contributed by atoms with E-state index in [1.165, 1.54) is 24.3 Å². The van der Waals surface area contributed by atoms with E-state index in [4.69, 9.17) is 16.6 Å². The van der Waals surface area contributed by atoms with Gasteiger partial charge in [-0.25, -0.2) is 4.79 Å². The molecule has 35 heavy (non-hydrogen) atoms. The molecule has 0 aliphatic heterocycles. The highest BCUT2D eigenvalue weighted by molar-refractivity contribution is 5.96. The Kier molecular flexibility index (Phi) is 11.6. The molecule has 0 radical (unpaired) electrons. The quantitative estimate of drug-likeness (QED) is 0.138. The highest BCUT2D eigenvalue weighted by Crippen LogP contribution is 2.12. The van der Waals surface area contributed by atoms with Crippen LogP contribution in [0.4, 0.5) is 0 Å². The number of nitrogens with two attached hydrogens (primary N) is 2. The van der Waals surface area contributed by atoms with Gasteiger partial charge in [0.1, 0.15) is 29.9 Å². The number of carboxylic acids is 1. The summed E-state index contributed by atoms with van der Waals surface area (Å²) in [6.45, 7) is 2.78. The summed E-state index contributed by atoms with van der Waals surface area (Å²) in [7, 11) is 0. The average molecular weight is 496 g/mol. The number of carbonyl (C=O) groups is 5. The summed E-state index contributed by atoms with van der Waals surface area (Å²) in [5.41, 5.74) is 11.2. The van der Waals surface area contributed by atoms with E-state index in [0.29, 0.717) is 12.0 Å². The van der Waals surface area contributed by atoms with Crippen LogP contribution in [0.5, 0.6) is 5.75 Å². The van der Waals surface area contributed by atoms with E-state index in [2.05, 4.69) is 16.0 Å². The molecular formula is C22H33N5O8. The standard InChI is InChI=1S/C22H33N5O8/c1-3-11(2)18(27-19(31)14(23)10-28)21(33)25-15(9-17(24)30)20(32)26-16(22(34)35)8-12-4-6-13(29)7-5-12/h4-7,11,14-16,18,28-29H,3,8-10,23H2,1-2H3,(H2,24,30)(H,25,33)(H,26,32)(H,27,31)(H,34,35). The van der Waals surface area contributed by atoms with Gasteiger partial charge in [0.15, 0.2) is 0 Å². The summed E-state index contributed by atoms with van der Waals surface area (Å²) in [5.74, 6) is -5.29. The molecule has 194 valence electrons. The maximum absolute atomic E-state index is 12.9. The van der Waals surface area contributed by atoms with Crippen molar-refractivity contribution in [2.45, 2.75) is 57.3 Å². The number of primary amides is 1. The minimum atomic E-state index is -1.52. The fourth-order valence-corrected chi connectivity index (χ4v) is 3.06. The number of phenols is 1. The number of rotatable bonds is 14. The Balaban J connectivity index is 3.04. The van der Waals surface area contributed by atoms with E-state index in [9.17, 15) is 34.2 Å². The van der Waals surface area contributed by atoms with Crippen molar-refractivity contribution in [3.05, 3.63) is 29.8 Å². The predicted octanol–water partition coefficient (Wildman–Crippen LogP) is -2.29. The smallest absolute Gasteiger partial charge is 0.326 e. The number of amides is 4. The molecule has 10 N–H and O–H groups in total. The summed E-state index contributed by atoms with van der Waals surface area (Å²) in [6.07, 6.45) is -0.309. The summed E-state index contributed by atoms with van der Waals surface area (Å²) < 4.78 is 0. The third-order valence-corrected chi connectivity index (χ3v) is 5.36. The van der Waals surface area contributed by atoms with E-state index in [1.807, 2.05) is 0 Å². The minimum absolute atomic E-state index is 0.0169. The third-order valence-electron chi connectivity index (χ3n) is 5.36. The first kappa shape index (κ1) is 29.3. The van der Waals surface area contributed by atoms with Crippen molar-refractivity contribution in [2.24, 2.45) is 17.4 Å². The summed E-state index contributed by atoms with van der Waals surface area (Å²) >= 11 is 0. The number of phenolic OH excluding ortho intramolecular Hbond substituents is 1. The molecule has 0 heterocycles. The Morgan fingerprint density at radius 3 is 2.00 bits per heavy atom. The van der Waals surface area contributed by atoms with Crippen LogP contribution in [0.3, 0.4) is 0 Å². The second-order valence-electron chi connectivity index (χ2n) is 8.16. The van der Waals surface area contributed by atoms with Crippen molar-refractivity contribution >= 4 is 29.6 Å². The van der Waals surface area contributed by atoms with Crippen molar-refractivity contribution < 1.29 is 39.3 Å². The molecule has 0 aromatic heterocycles. The van der Waals surface area contributed by atoms with E-state index in [-0.39, 0.29) is 12.2 Å². The van der Waals surface area contributed by atoms with Gasteiger partial charge in [-0.15, -0.1) is 0 Å². The number of aliphatic hydroxyl groups excluding tert-OH is 1. The molecule has 5 atom stereocenters. The molecule has 0 saturated carbocycles. The van der Waals surface area contributed by atoms with Gasteiger partial charge in [0, 0.05) is 6.42 Å². The normalized spacial score (nSPS) is 15.1. The molecule has 0 saturated heterocycles. The van der Waals surface area contributed by atoms with Crippen LogP contribution >= 0.6 is 0 Å². The van der Waals surface area contributed by atoms with Gasteiger partial charge >= 0.3 is 5.97 Å². The van der Waals surface area contributed by atoms with Crippen LogP contribution in [0, 0.1) is 5.92 Å². The molecule has 0 aliphatic carbocycles. The molecule has 13 nitrogen and oxygen atoms in total. The Bertz CT molecular complexity index is 908. The Morgan fingerprint density at radius 2 is 1.51 bits per heavy atom. The van der Waals surface area contributed by atoms with Crippen LogP contribution in [0.15, 0.2) is 24.3 Å². The Labute approximate surface area is 202 Å². The van der Waals surface area contributed by atoms with Crippen LogP contribution in [-0.4, -0.2) is 75.7 Å². The van der Waals surface area contributed by atoms with Crippen LogP contribution < -0.4 is 27.4 Å². The molecule has 1 aromatic carbocycles. The first-order chi connectivity index (χ1) is 16.4. The van der Waals surface area contributed by atoms with Crippen LogP contribution in [-0.2, 0) is 30.4 Å². The summed E-state index contributed by atoms with van der Waals surface area (Å²) in [5, 5.41) is 35.0. The van der Waals surface area contributed by atoms with Crippen molar-refractivity contribution in [2.75, 3.05) is 6.61 Å². The highest BCUT2D eigenvalue weighted by atomic mass is 16.4. The fraction of sp³-hybridized carbons (Fsp3) is 0.500. The zero-order chi connectivity index (χ0) is 26.7. The molecule has 4 amide bonds. The van der Waals surface area contributed by atoms with Gasteiger partial charge in [0.05, 0.1) is 13.0 Å². The largest absolute Gasteiger partial charge is 0.508 e. The number of carboxylic acid groups (broad SMARTS) is 1. The highest BCUT2D eigenvalue weighted by Gasteiger charge is 2.33. The number of benzene rings is 1. The van der Waals surface area contributed by atoms with Gasteiger partial charge in [-0.2, -0.15) is 0 Å². The SMILES string of the molecule is CCC(C)C(NC(=O)C(N)CO)C(=O)NC(CC(N)=O)C(=O)NC(Cc1ccc(O)cc1)C(=O)O. The Hall–Kier alpha value is -3.71. The number of carbonyl (C=O) groups excluding carboxylic acids is 4. The lowest BCUT2D eigenvalue weighted by Gasteiger charge is -2.27. The second-order valence-corrected chi connectivity index (χ2v) is 8.16. The van der Waals surface area contributed by atoms with Crippen molar-refractivity contribution in [1.29, 1.82) is 0 Å². The molecule has 0 bridgehead atoms. The van der Waals surface area contributed by atoms with Crippen molar-refractivity contribution in [3.63, 3.8) is 0 Å². The van der Waals surface area contributed by atoms with Crippen LogP contribution in [0.1, 0.15) is 32.3 Å². The predicted molar refractivity (Wildman–Crippen MR) is 124 cm³/mol. The van der Waals surface area contributed by atoms with E-state index < -0.39 is 72.7 Å². The molecular weight excluding hydrogens is 462 g/mol. The molecule has 0 spiro atoms. The zero-order valence-corrected chi connectivity index (χ0v) is 19.6. The van der Waals surface area contributed by atoms with Crippen LogP contribution in [0.25, 0.3) is 0 Å². The van der Waals surface area contributed by atoms with Gasteiger partial charge < -0.3 is 42.7 Å². The number of hydrogen-bond acceptors (Lipinski definition) is 8. The number of hydrogen-bond donors (Lipinski definition) is 8. The lowest BCUT2D eigenvalue weighted by Crippen LogP contribution is -2.59. The third kappa shape index (κ3) is 9.59. The monoisotopic (exact) mass is 495 g/mol. The summed E-state index contributed by atoms with van der Waals surface area (Å²) in [4.78, 5) is 61.1. The molecule has 1 aromatic rings. The van der Waals surface area contributed by atoms with Crippen molar-refractivity contribution in [3.8, 4) is 5.75 Å². The fourth-order valence-electron chi connectivity index (χ4n) is 3.06. The lowest BCUT2D eigenvalue weighted by atomic mass is 9.97. The van der Waals surface area contributed by atoms with Gasteiger partial charge in [-0.3, -0.25) is 19.2 Å². The van der Waals surface area contributed by atoms with Gasteiger partial charge in [0.2, 0.25) is 23.6 Å². The number of nitrogens with one attached hydrogen (secondary N) is 3. The second kappa shape index (κ2) is 13.9. The van der Waals surface area contributed by atoms with E-state index in [0.717, 1.165) is 0 Å². The van der Waals surface area contributed by atoms with E-state index >= 15 is 0 Å². The maximum Gasteiger partial charge on any atom is 0.326 e. The van der Waals surface area contributed by atoms with Crippen molar-refractivity contribution in [1.82, 2.24) is 16.0 Å². The molecule has 13 heteroatoms. The van der Waals surface area contributed by atoms with Gasteiger partial charge in [-0.1, -0.05) is 32.4 Å². The molecule has 0 aliphatic rings. The molecule has 5 unspecified atom stereocenters. The topological polar surface area (TPSA) is 234 Å². The Morgan fingerprint density at radius 1 is 0.943 bits per heavy atom. The average Bonchev–Trinajstić information content (AvgIpc) is 2.81. The van der Waals surface area contributed by atoms with E-state index in [1.54, 1.807) is 13.8 Å². The first-order valence-electron chi connectivity index (χ1n) is 11.0. The maximum atomic E-state index is 12.9. The van der Waals surface area contributed by atoms with Gasteiger partial charge in [0.25, 0.3) is 0 Å². The number of aliphatic carboxylic acids is 1. The van der Waals surface area contributed by atoms with Crippen LogP contribution in [0.2, 0.25) is 0 Å². The van der Waals surface area contributed by atoms with Gasteiger partial charge in [-0.05, 0) is 23.6 Å². The number of aliphatic hydroxyl groups is 1. The number of aromatic hydroxyl groups is 1. The zero-order valence-electron chi connectivity index (χ0n) is 19.6. The molecule has 1 rings (SSSR count). The summed E-state index contributed by atoms with van der Waals surface area (Å²) in [6, 6.07) is 0.336. The lowest BCUT2D eigenvalue weighted by molar-refractivity contribution is -0.142. The first-order valence-corrected chi connectivity index (χ1v) is 11.0.